The largest absolute Gasteiger partial charge is 0.454 e. The van der Waals surface area contributed by atoms with E-state index in [9.17, 15) is 4.79 Å². The molecule has 2 heterocycles. The molecule has 2 fully saturated rings. The minimum absolute atomic E-state index is 0.202. The molecule has 6 nitrogen and oxygen atoms in total. The van der Waals surface area contributed by atoms with Crippen LogP contribution in [0, 0.1) is 0 Å². The van der Waals surface area contributed by atoms with Gasteiger partial charge in [-0.1, -0.05) is 37.5 Å². The summed E-state index contributed by atoms with van der Waals surface area (Å²) in [4.78, 5) is 18.1. The molecule has 6 heteroatoms. The van der Waals surface area contributed by atoms with Crippen LogP contribution in [0.3, 0.4) is 0 Å². The van der Waals surface area contributed by atoms with E-state index in [0.29, 0.717) is 6.54 Å². The van der Waals surface area contributed by atoms with Gasteiger partial charge in [0.05, 0.1) is 18.6 Å². The van der Waals surface area contributed by atoms with Gasteiger partial charge in [-0.05, 0) is 48.2 Å². The zero-order valence-electron chi connectivity index (χ0n) is 18.8. The number of rotatable bonds is 5. The van der Waals surface area contributed by atoms with Crippen molar-refractivity contribution < 1.29 is 19.0 Å². The van der Waals surface area contributed by atoms with Crippen molar-refractivity contribution in [3.63, 3.8) is 0 Å². The average molecular weight is 437 g/mol. The number of morpholine rings is 1. The zero-order valence-corrected chi connectivity index (χ0v) is 18.8. The summed E-state index contributed by atoms with van der Waals surface area (Å²) in [7, 11) is 1.93. The maximum Gasteiger partial charge on any atom is 0.233 e. The molecule has 2 aromatic carbocycles. The number of amides is 1. The Morgan fingerprint density at radius 1 is 0.969 bits per heavy atom. The molecule has 0 unspecified atom stereocenters. The molecule has 1 amide bonds. The molecular formula is C26H32N2O4. The third-order valence-corrected chi connectivity index (χ3v) is 7.12. The van der Waals surface area contributed by atoms with Crippen molar-refractivity contribution in [3.05, 3.63) is 53.6 Å². The standard InChI is InChI=1S/C26H32N2O4/c1-27(18-20-5-8-22(9-6-20)28-13-15-30-16-14-28)25(29)26(11-3-2-4-12-26)21-7-10-23-24(17-21)32-19-31-23/h5-10,17H,2-4,11-16,18-19H2,1H3. The van der Waals surface area contributed by atoms with Crippen LogP contribution in [0.2, 0.25) is 0 Å². The number of carbonyl (C=O) groups excluding carboxylic acids is 1. The molecule has 170 valence electrons. The van der Waals surface area contributed by atoms with Crippen LogP contribution in [0.5, 0.6) is 11.5 Å². The van der Waals surface area contributed by atoms with E-state index in [0.717, 1.165) is 74.6 Å². The van der Waals surface area contributed by atoms with Gasteiger partial charge in [0.1, 0.15) is 0 Å². The lowest BCUT2D eigenvalue weighted by molar-refractivity contribution is -0.138. The van der Waals surface area contributed by atoms with Crippen molar-refractivity contribution in [2.24, 2.45) is 0 Å². The Labute approximate surface area is 190 Å². The lowest BCUT2D eigenvalue weighted by Gasteiger charge is -2.39. The molecule has 0 N–H and O–H groups in total. The highest BCUT2D eigenvalue weighted by molar-refractivity contribution is 5.88. The van der Waals surface area contributed by atoms with Crippen molar-refractivity contribution >= 4 is 11.6 Å². The van der Waals surface area contributed by atoms with Gasteiger partial charge in [0.25, 0.3) is 0 Å². The zero-order chi connectivity index (χ0) is 22.0. The van der Waals surface area contributed by atoms with Crippen LogP contribution in [0.15, 0.2) is 42.5 Å². The third-order valence-electron chi connectivity index (χ3n) is 7.12. The lowest BCUT2D eigenvalue weighted by Crippen LogP contribution is -2.46. The van der Waals surface area contributed by atoms with Gasteiger partial charge in [0.15, 0.2) is 11.5 Å². The first-order valence-corrected chi connectivity index (χ1v) is 11.7. The molecule has 0 spiro atoms. The second-order valence-electron chi connectivity index (χ2n) is 9.14. The summed E-state index contributed by atoms with van der Waals surface area (Å²) in [6.45, 7) is 4.27. The number of likely N-dealkylation sites (N-methyl/N-ethyl adjacent to an activating group) is 1. The minimum Gasteiger partial charge on any atom is -0.454 e. The molecule has 32 heavy (non-hydrogen) atoms. The first-order valence-electron chi connectivity index (χ1n) is 11.7. The van der Waals surface area contributed by atoms with E-state index >= 15 is 0 Å². The second kappa shape index (κ2) is 9.02. The molecule has 0 bridgehead atoms. The smallest absolute Gasteiger partial charge is 0.233 e. The molecule has 2 aliphatic heterocycles. The average Bonchev–Trinajstić information content (AvgIpc) is 3.33. The van der Waals surface area contributed by atoms with Crippen molar-refractivity contribution in [1.29, 1.82) is 0 Å². The fourth-order valence-corrected chi connectivity index (χ4v) is 5.32. The van der Waals surface area contributed by atoms with E-state index in [-0.39, 0.29) is 12.7 Å². The summed E-state index contributed by atoms with van der Waals surface area (Å²) in [6, 6.07) is 14.6. The van der Waals surface area contributed by atoms with Gasteiger partial charge in [0.2, 0.25) is 12.7 Å². The first kappa shape index (κ1) is 21.1. The van der Waals surface area contributed by atoms with Gasteiger partial charge < -0.3 is 24.0 Å². The van der Waals surface area contributed by atoms with E-state index in [2.05, 4.69) is 35.2 Å². The number of ether oxygens (including phenoxy) is 3. The Morgan fingerprint density at radius 3 is 2.44 bits per heavy atom. The number of hydrogen-bond donors (Lipinski definition) is 0. The van der Waals surface area contributed by atoms with Gasteiger partial charge >= 0.3 is 0 Å². The van der Waals surface area contributed by atoms with E-state index in [1.165, 1.54) is 12.1 Å². The van der Waals surface area contributed by atoms with Crippen molar-refractivity contribution in [2.45, 2.75) is 44.1 Å². The molecule has 0 radical (unpaired) electrons. The summed E-state index contributed by atoms with van der Waals surface area (Å²) in [5.74, 6) is 1.72. The molecule has 3 aliphatic rings. The van der Waals surface area contributed by atoms with Gasteiger partial charge in [-0.2, -0.15) is 0 Å². The maximum atomic E-state index is 13.9. The predicted molar refractivity (Wildman–Crippen MR) is 123 cm³/mol. The summed E-state index contributed by atoms with van der Waals surface area (Å²) in [5, 5.41) is 0. The number of fused-ring (bicyclic) bond motifs is 1. The van der Waals surface area contributed by atoms with Crippen LogP contribution in [0.25, 0.3) is 0 Å². The van der Waals surface area contributed by atoms with Gasteiger partial charge in [-0.25, -0.2) is 0 Å². The number of benzene rings is 2. The molecule has 5 rings (SSSR count). The van der Waals surface area contributed by atoms with E-state index in [1.54, 1.807) is 0 Å². The second-order valence-corrected chi connectivity index (χ2v) is 9.14. The topological polar surface area (TPSA) is 51.2 Å². The molecule has 1 saturated carbocycles. The highest BCUT2D eigenvalue weighted by atomic mass is 16.7. The predicted octanol–water partition coefficient (Wildman–Crippen LogP) is 4.11. The summed E-state index contributed by atoms with van der Waals surface area (Å²) < 4.78 is 16.6. The van der Waals surface area contributed by atoms with E-state index < -0.39 is 5.41 Å². The number of carbonyl (C=O) groups is 1. The molecule has 0 atom stereocenters. The van der Waals surface area contributed by atoms with Crippen LogP contribution in [-0.2, 0) is 21.5 Å². The Kier molecular flexibility index (Phi) is 5.96. The number of anilines is 1. The van der Waals surface area contributed by atoms with E-state index in [4.69, 9.17) is 14.2 Å². The Morgan fingerprint density at radius 2 is 1.69 bits per heavy atom. The maximum absolute atomic E-state index is 13.9. The molecular weight excluding hydrogens is 404 g/mol. The first-order chi connectivity index (χ1) is 15.7. The summed E-state index contributed by atoms with van der Waals surface area (Å²) >= 11 is 0. The van der Waals surface area contributed by atoms with Crippen LogP contribution >= 0.6 is 0 Å². The Bertz CT molecular complexity index is 947. The minimum atomic E-state index is -0.484. The number of nitrogens with zero attached hydrogens (tertiary/aromatic N) is 2. The fraction of sp³-hybridized carbons (Fsp3) is 0.500. The van der Waals surface area contributed by atoms with Crippen LogP contribution < -0.4 is 14.4 Å². The quantitative estimate of drug-likeness (QED) is 0.706. The summed E-state index contributed by atoms with van der Waals surface area (Å²) in [6.07, 6.45) is 5.09. The van der Waals surface area contributed by atoms with Gasteiger partial charge in [-0.15, -0.1) is 0 Å². The highest BCUT2D eigenvalue weighted by Crippen LogP contribution is 2.44. The molecule has 0 aromatic heterocycles. The normalized spacial score (nSPS) is 19.6. The van der Waals surface area contributed by atoms with E-state index in [1.807, 2.05) is 24.1 Å². The van der Waals surface area contributed by atoms with Crippen molar-refractivity contribution in [1.82, 2.24) is 4.90 Å². The molecule has 1 aliphatic carbocycles. The fourth-order valence-electron chi connectivity index (χ4n) is 5.32. The summed E-state index contributed by atoms with van der Waals surface area (Å²) in [5.41, 5.74) is 2.94. The van der Waals surface area contributed by atoms with Crippen molar-refractivity contribution in [3.8, 4) is 11.5 Å². The van der Waals surface area contributed by atoms with Crippen LogP contribution in [0.1, 0.15) is 43.2 Å². The van der Waals surface area contributed by atoms with Crippen LogP contribution in [-0.4, -0.2) is 51.0 Å². The Balaban J connectivity index is 1.33. The SMILES string of the molecule is CN(Cc1ccc(N2CCOCC2)cc1)C(=O)C1(c2ccc3c(c2)OCO3)CCCCC1. The third kappa shape index (κ3) is 4.04. The van der Waals surface area contributed by atoms with Crippen molar-refractivity contribution in [2.75, 3.05) is 45.0 Å². The molecule has 1 saturated heterocycles. The number of hydrogen-bond acceptors (Lipinski definition) is 5. The van der Waals surface area contributed by atoms with Gasteiger partial charge in [-0.3, -0.25) is 4.79 Å². The highest BCUT2D eigenvalue weighted by Gasteiger charge is 2.43. The Hall–Kier alpha value is -2.73. The van der Waals surface area contributed by atoms with Crippen LogP contribution in [0.4, 0.5) is 5.69 Å². The monoisotopic (exact) mass is 436 g/mol. The lowest BCUT2D eigenvalue weighted by atomic mass is 9.68. The van der Waals surface area contributed by atoms with Gasteiger partial charge in [0, 0.05) is 32.4 Å². The molecule has 2 aromatic rings.